The van der Waals surface area contributed by atoms with E-state index >= 15 is 0 Å². The Morgan fingerprint density at radius 1 is 1.41 bits per heavy atom. The molecular formula is C17H19NO2S2. The minimum atomic E-state index is -0.0754. The molecule has 2 rings (SSSR count). The maximum Gasteiger partial charge on any atom is 0.266 e. The molecule has 116 valence electrons. The third-order valence-electron chi connectivity index (χ3n) is 2.96. The second-order valence-electron chi connectivity index (χ2n) is 5.32. The molecule has 0 N–H and O–H groups in total. The number of hydrogen-bond donors (Lipinski definition) is 0. The number of amides is 1. The fourth-order valence-electron chi connectivity index (χ4n) is 1.92. The molecule has 0 atom stereocenters. The Morgan fingerprint density at radius 2 is 2.14 bits per heavy atom. The molecule has 0 spiro atoms. The highest BCUT2D eigenvalue weighted by Crippen LogP contribution is 2.34. The largest absolute Gasteiger partial charge is 0.493 e. The summed E-state index contributed by atoms with van der Waals surface area (Å²) in [5.41, 5.74) is 0.891. The molecule has 1 aliphatic rings. The summed E-state index contributed by atoms with van der Waals surface area (Å²) in [7, 11) is 0. The molecule has 1 fully saturated rings. The van der Waals surface area contributed by atoms with Crippen LogP contribution in [0, 0.1) is 5.92 Å². The van der Waals surface area contributed by atoms with Crippen molar-refractivity contribution in [2.45, 2.75) is 13.8 Å². The number of carbonyl (C=O) groups excluding carboxylic acids is 1. The van der Waals surface area contributed by atoms with Crippen molar-refractivity contribution in [1.29, 1.82) is 0 Å². The van der Waals surface area contributed by atoms with E-state index in [-0.39, 0.29) is 5.91 Å². The molecule has 22 heavy (non-hydrogen) atoms. The van der Waals surface area contributed by atoms with E-state index in [0.29, 0.717) is 28.3 Å². The second-order valence-corrected chi connectivity index (χ2v) is 7.00. The summed E-state index contributed by atoms with van der Waals surface area (Å²) in [5, 5.41) is 0. The zero-order valence-electron chi connectivity index (χ0n) is 12.7. The molecule has 0 radical (unpaired) electrons. The number of nitrogens with zero attached hydrogens (tertiary/aromatic N) is 1. The molecule has 1 heterocycles. The number of benzene rings is 1. The third kappa shape index (κ3) is 3.99. The highest BCUT2D eigenvalue weighted by Gasteiger charge is 2.31. The van der Waals surface area contributed by atoms with Gasteiger partial charge in [-0.15, -0.1) is 6.58 Å². The van der Waals surface area contributed by atoms with Crippen LogP contribution in [0.25, 0.3) is 6.08 Å². The summed E-state index contributed by atoms with van der Waals surface area (Å²) in [4.78, 5) is 14.5. The van der Waals surface area contributed by atoms with Crippen LogP contribution in [0.3, 0.4) is 0 Å². The number of thioether (sulfide) groups is 1. The quantitative estimate of drug-likeness (QED) is 0.445. The van der Waals surface area contributed by atoms with Crippen LogP contribution >= 0.6 is 24.0 Å². The smallest absolute Gasteiger partial charge is 0.266 e. The molecule has 0 unspecified atom stereocenters. The Hall–Kier alpha value is -1.59. The lowest BCUT2D eigenvalue weighted by molar-refractivity contribution is -0.121. The van der Waals surface area contributed by atoms with Crippen molar-refractivity contribution in [3.63, 3.8) is 0 Å². The molecule has 0 aromatic heterocycles. The van der Waals surface area contributed by atoms with Crippen LogP contribution in [0.2, 0.25) is 0 Å². The van der Waals surface area contributed by atoms with E-state index < -0.39 is 0 Å². The van der Waals surface area contributed by atoms with Gasteiger partial charge in [0, 0.05) is 12.1 Å². The normalized spacial score (nSPS) is 16.7. The molecule has 5 heteroatoms. The van der Waals surface area contributed by atoms with Gasteiger partial charge < -0.3 is 4.74 Å². The van der Waals surface area contributed by atoms with Gasteiger partial charge in [0.2, 0.25) is 0 Å². The minimum Gasteiger partial charge on any atom is -0.493 e. The minimum absolute atomic E-state index is 0.0754. The van der Waals surface area contributed by atoms with Crippen LogP contribution < -0.4 is 4.74 Å². The molecule has 0 aliphatic carbocycles. The summed E-state index contributed by atoms with van der Waals surface area (Å²) in [5.74, 6) is 1.15. The zero-order valence-corrected chi connectivity index (χ0v) is 14.4. The van der Waals surface area contributed by atoms with E-state index in [9.17, 15) is 4.79 Å². The van der Waals surface area contributed by atoms with Crippen molar-refractivity contribution in [2.24, 2.45) is 5.92 Å². The fourth-order valence-corrected chi connectivity index (χ4v) is 3.18. The van der Waals surface area contributed by atoms with E-state index in [2.05, 4.69) is 20.4 Å². The number of hydrogen-bond acceptors (Lipinski definition) is 4. The monoisotopic (exact) mass is 333 g/mol. The molecular weight excluding hydrogens is 314 g/mol. The summed E-state index contributed by atoms with van der Waals surface area (Å²) in [6, 6.07) is 7.71. The van der Waals surface area contributed by atoms with Gasteiger partial charge in [-0.2, -0.15) is 0 Å². The van der Waals surface area contributed by atoms with Crippen LogP contribution in [0.15, 0.2) is 41.8 Å². The predicted molar refractivity (Wildman–Crippen MR) is 96.9 cm³/mol. The van der Waals surface area contributed by atoms with E-state index in [4.69, 9.17) is 17.0 Å². The first-order valence-electron chi connectivity index (χ1n) is 7.11. The van der Waals surface area contributed by atoms with E-state index in [1.165, 1.54) is 11.8 Å². The Balaban J connectivity index is 2.24. The maximum absolute atomic E-state index is 12.3. The van der Waals surface area contributed by atoms with Crippen LogP contribution in [0.5, 0.6) is 5.75 Å². The first-order valence-corrected chi connectivity index (χ1v) is 8.33. The zero-order chi connectivity index (χ0) is 16.1. The van der Waals surface area contributed by atoms with Crippen LogP contribution in [-0.2, 0) is 4.79 Å². The van der Waals surface area contributed by atoms with E-state index in [1.54, 1.807) is 11.0 Å². The lowest BCUT2D eigenvalue weighted by Gasteiger charge is -2.12. The van der Waals surface area contributed by atoms with Gasteiger partial charge in [-0.3, -0.25) is 9.69 Å². The Kier molecular flexibility index (Phi) is 5.80. The Morgan fingerprint density at radius 3 is 2.82 bits per heavy atom. The standard InChI is InChI=1S/C17H19NO2S2/c1-4-9-18-16(19)15(22-17(18)21)10-13-7-5-6-8-14(13)20-11-12(2)3/h4-8,10,12H,1,9,11H2,2-3H3/b15-10-. The molecule has 1 aromatic rings. The molecule has 1 saturated heterocycles. The number of ether oxygens (including phenoxy) is 1. The van der Waals surface area contributed by atoms with Gasteiger partial charge >= 0.3 is 0 Å². The lowest BCUT2D eigenvalue weighted by Crippen LogP contribution is -2.27. The summed E-state index contributed by atoms with van der Waals surface area (Å²) in [6.07, 6.45) is 3.52. The fraction of sp³-hybridized carbons (Fsp3) is 0.294. The van der Waals surface area contributed by atoms with Gasteiger partial charge in [0.25, 0.3) is 5.91 Å². The van der Waals surface area contributed by atoms with Crippen LogP contribution in [0.4, 0.5) is 0 Å². The Bertz CT molecular complexity index is 623. The highest BCUT2D eigenvalue weighted by atomic mass is 32.2. The van der Waals surface area contributed by atoms with Crippen molar-refractivity contribution in [3.05, 3.63) is 47.4 Å². The van der Waals surface area contributed by atoms with E-state index in [1.807, 2.05) is 30.3 Å². The van der Waals surface area contributed by atoms with Crippen molar-refractivity contribution in [3.8, 4) is 5.75 Å². The molecule has 0 bridgehead atoms. The third-order valence-corrected chi connectivity index (χ3v) is 4.34. The number of thiocarbonyl (C=S) groups is 1. The van der Waals surface area contributed by atoms with Crippen molar-refractivity contribution in [2.75, 3.05) is 13.2 Å². The highest BCUT2D eigenvalue weighted by molar-refractivity contribution is 8.26. The van der Waals surface area contributed by atoms with Crippen molar-refractivity contribution >= 4 is 40.3 Å². The first-order chi connectivity index (χ1) is 10.5. The number of para-hydroxylation sites is 1. The topological polar surface area (TPSA) is 29.5 Å². The van der Waals surface area contributed by atoms with Gasteiger partial charge in [0.05, 0.1) is 11.5 Å². The van der Waals surface area contributed by atoms with Gasteiger partial charge in [-0.1, -0.05) is 62.1 Å². The lowest BCUT2D eigenvalue weighted by atomic mass is 10.1. The van der Waals surface area contributed by atoms with Crippen molar-refractivity contribution < 1.29 is 9.53 Å². The Labute approximate surface area is 141 Å². The van der Waals surface area contributed by atoms with Gasteiger partial charge in [0.15, 0.2) is 0 Å². The summed E-state index contributed by atoms with van der Waals surface area (Å²) >= 11 is 6.56. The summed E-state index contributed by atoms with van der Waals surface area (Å²) in [6.45, 7) is 8.93. The molecule has 3 nitrogen and oxygen atoms in total. The van der Waals surface area contributed by atoms with Gasteiger partial charge in [0.1, 0.15) is 10.1 Å². The first kappa shape index (κ1) is 16.8. The van der Waals surface area contributed by atoms with Gasteiger partial charge in [-0.25, -0.2) is 0 Å². The van der Waals surface area contributed by atoms with E-state index in [0.717, 1.165) is 11.3 Å². The van der Waals surface area contributed by atoms with Crippen LogP contribution in [-0.4, -0.2) is 28.3 Å². The second kappa shape index (κ2) is 7.61. The summed E-state index contributed by atoms with van der Waals surface area (Å²) < 4.78 is 6.38. The SMILES string of the molecule is C=CCN1C(=O)/C(=C/c2ccccc2OCC(C)C)SC1=S. The molecule has 0 saturated carbocycles. The predicted octanol–water partition coefficient (Wildman–Crippen LogP) is 4.11. The maximum atomic E-state index is 12.3. The van der Waals surface area contributed by atoms with Gasteiger partial charge in [-0.05, 0) is 18.1 Å². The average Bonchev–Trinajstić information content (AvgIpc) is 2.74. The number of rotatable bonds is 6. The molecule has 1 aromatic carbocycles. The average molecular weight is 333 g/mol. The van der Waals surface area contributed by atoms with Crippen LogP contribution in [0.1, 0.15) is 19.4 Å². The molecule has 1 aliphatic heterocycles. The molecule has 1 amide bonds. The number of carbonyl (C=O) groups is 1. The van der Waals surface area contributed by atoms with Crippen molar-refractivity contribution in [1.82, 2.24) is 4.90 Å².